The third-order valence-corrected chi connectivity index (χ3v) is 3.19. The van der Waals surface area contributed by atoms with Crippen LogP contribution in [0.2, 0.25) is 0 Å². The molecule has 1 fully saturated rings. The summed E-state index contributed by atoms with van der Waals surface area (Å²) in [6.45, 7) is 3.08. The van der Waals surface area contributed by atoms with E-state index >= 15 is 0 Å². The van der Waals surface area contributed by atoms with E-state index in [2.05, 4.69) is 0 Å². The van der Waals surface area contributed by atoms with Gasteiger partial charge in [-0.15, -0.1) is 0 Å². The number of nitrogens with two attached hydrogens (primary N) is 1. The van der Waals surface area contributed by atoms with E-state index in [4.69, 9.17) is 10.6 Å². The number of cyclic esters (lactones) is 1. The van der Waals surface area contributed by atoms with Crippen LogP contribution < -0.4 is 5.84 Å². The van der Waals surface area contributed by atoms with Gasteiger partial charge in [0, 0.05) is 5.56 Å². The number of carbonyl (C=O) groups is 1. The van der Waals surface area contributed by atoms with Gasteiger partial charge in [0.2, 0.25) is 0 Å². The summed E-state index contributed by atoms with van der Waals surface area (Å²) >= 11 is 0. The molecule has 0 saturated carbocycles. The van der Waals surface area contributed by atoms with E-state index < -0.39 is 17.4 Å². The van der Waals surface area contributed by atoms with E-state index in [1.54, 1.807) is 19.1 Å². The summed E-state index contributed by atoms with van der Waals surface area (Å²) < 4.78 is 5.17. The molecule has 5 nitrogen and oxygen atoms in total. The number of hydrogen-bond acceptors (Lipinski definition) is 4. The van der Waals surface area contributed by atoms with E-state index in [1.165, 1.54) is 6.92 Å². The molecule has 1 aromatic rings. The fourth-order valence-electron chi connectivity index (χ4n) is 1.82. The highest BCUT2D eigenvalue weighted by Crippen LogP contribution is 2.42. The largest absolute Gasteiger partial charge is 0.432 e. The van der Waals surface area contributed by atoms with Gasteiger partial charge in [0.1, 0.15) is 0 Å². The van der Waals surface area contributed by atoms with Crippen LogP contribution in [-0.4, -0.2) is 21.9 Å². The smallest absolute Gasteiger partial charge is 0.427 e. The van der Waals surface area contributed by atoms with Gasteiger partial charge >= 0.3 is 6.09 Å². The van der Waals surface area contributed by atoms with Crippen LogP contribution in [0.3, 0.4) is 0 Å². The van der Waals surface area contributed by atoms with E-state index in [0.717, 1.165) is 0 Å². The SMILES string of the molecule is C[C@@]1(c2ccccc2)OC(=O)N(N)[C@@]1(C)O. The summed E-state index contributed by atoms with van der Waals surface area (Å²) in [6.07, 6.45) is -0.739. The minimum Gasteiger partial charge on any atom is -0.432 e. The molecule has 1 aliphatic heterocycles. The molecule has 1 heterocycles. The van der Waals surface area contributed by atoms with Crippen molar-refractivity contribution in [3.8, 4) is 0 Å². The van der Waals surface area contributed by atoms with E-state index in [1.807, 2.05) is 18.2 Å². The fourth-order valence-corrected chi connectivity index (χ4v) is 1.82. The van der Waals surface area contributed by atoms with Crippen LogP contribution in [0.15, 0.2) is 30.3 Å². The van der Waals surface area contributed by atoms with Crippen LogP contribution in [-0.2, 0) is 10.3 Å². The van der Waals surface area contributed by atoms with Crippen LogP contribution >= 0.6 is 0 Å². The summed E-state index contributed by atoms with van der Waals surface area (Å²) in [5.74, 6) is 5.48. The number of carbonyl (C=O) groups excluding carboxylic acids is 1. The zero-order chi connectivity index (χ0) is 12.0. The normalized spacial score (nSPS) is 34.0. The Balaban J connectivity index is 2.51. The number of hydrogen-bond donors (Lipinski definition) is 2. The molecule has 2 rings (SSSR count). The molecule has 1 aromatic carbocycles. The van der Waals surface area contributed by atoms with Crippen LogP contribution in [0.5, 0.6) is 0 Å². The molecule has 3 N–H and O–H groups in total. The van der Waals surface area contributed by atoms with Gasteiger partial charge in [0.05, 0.1) is 0 Å². The molecular weight excluding hydrogens is 208 g/mol. The monoisotopic (exact) mass is 222 g/mol. The Bertz CT molecular complexity index is 418. The number of amides is 1. The van der Waals surface area contributed by atoms with Gasteiger partial charge in [0.25, 0.3) is 0 Å². The van der Waals surface area contributed by atoms with Crippen molar-refractivity contribution in [3.63, 3.8) is 0 Å². The lowest BCUT2D eigenvalue weighted by molar-refractivity contribution is -0.141. The summed E-state index contributed by atoms with van der Waals surface area (Å²) in [4.78, 5) is 11.4. The van der Waals surface area contributed by atoms with E-state index in [9.17, 15) is 9.90 Å². The van der Waals surface area contributed by atoms with Crippen LogP contribution in [0.25, 0.3) is 0 Å². The molecule has 0 aliphatic carbocycles. The first-order chi connectivity index (χ1) is 7.39. The molecule has 1 amide bonds. The van der Waals surface area contributed by atoms with Gasteiger partial charge in [-0.2, -0.15) is 0 Å². The highest BCUT2D eigenvalue weighted by Gasteiger charge is 2.59. The second kappa shape index (κ2) is 3.20. The topological polar surface area (TPSA) is 75.8 Å². The average molecular weight is 222 g/mol. The maximum absolute atomic E-state index is 11.4. The minimum atomic E-state index is -1.58. The summed E-state index contributed by atoms with van der Waals surface area (Å²) in [7, 11) is 0. The highest BCUT2D eigenvalue weighted by atomic mass is 16.6. The van der Waals surface area contributed by atoms with Crippen molar-refractivity contribution in [1.29, 1.82) is 0 Å². The van der Waals surface area contributed by atoms with Crippen molar-refractivity contribution in [1.82, 2.24) is 5.01 Å². The average Bonchev–Trinajstić information content (AvgIpc) is 2.42. The van der Waals surface area contributed by atoms with Gasteiger partial charge in [-0.3, -0.25) is 0 Å². The van der Waals surface area contributed by atoms with Gasteiger partial charge in [0.15, 0.2) is 11.3 Å². The van der Waals surface area contributed by atoms with Crippen molar-refractivity contribution in [2.75, 3.05) is 0 Å². The first-order valence-electron chi connectivity index (χ1n) is 4.95. The highest BCUT2D eigenvalue weighted by molar-refractivity contribution is 5.71. The molecule has 5 heteroatoms. The molecular formula is C11H14N2O3. The molecule has 16 heavy (non-hydrogen) atoms. The summed E-state index contributed by atoms with van der Waals surface area (Å²) in [5, 5.41) is 11.0. The maximum Gasteiger partial charge on any atom is 0.427 e. The molecule has 0 spiro atoms. The van der Waals surface area contributed by atoms with Gasteiger partial charge < -0.3 is 9.84 Å². The Labute approximate surface area is 93.4 Å². The quantitative estimate of drug-likeness (QED) is 0.547. The zero-order valence-electron chi connectivity index (χ0n) is 9.18. The van der Waals surface area contributed by atoms with Crippen molar-refractivity contribution in [2.24, 2.45) is 5.84 Å². The second-order valence-corrected chi connectivity index (χ2v) is 4.16. The Hall–Kier alpha value is -1.59. The Morgan fingerprint density at radius 1 is 1.31 bits per heavy atom. The zero-order valence-corrected chi connectivity index (χ0v) is 9.18. The third-order valence-electron chi connectivity index (χ3n) is 3.19. The number of nitrogens with zero attached hydrogens (tertiary/aromatic N) is 1. The first kappa shape index (κ1) is 10.9. The number of benzene rings is 1. The number of ether oxygens (including phenoxy) is 1. The van der Waals surface area contributed by atoms with Gasteiger partial charge in [-0.25, -0.2) is 15.6 Å². The third kappa shape index (κ3) is 1.22. The first-order valence-corrected chi connectivity index (χ1v) is 4.95. The lowest BCUT2D eigenvalue weighted by Gasteiger charge is -2.35. The van der Waals surface area contributed by atoms with Crippen LogP contribution in [0.1, 0.15) is 19.4 Å². The number of rotatable bonds is 1. The standard InChI is InChI=1S/C11H14N2O3/c1-10(8-6-4-3-5-7-8)11(2,15)13(12)9(14)16-10/h3-7,15H,12H2,1-2H3/t10-,11-/m0/s1. The maximum atomic E-state index is 11.4. The Kier molecular flexibility index (Phi) is 2.18. The predicted octanol–water partition coefficient (Wildman–Crippen LogP) is 0.936. The second-order valence-electron chi connectivity index (χ2n) is 4.16. The van der Waals surface area contributed by atoms with Gasteiger partial charge in [-0.1, -0.05) is 30.3 Å². The van der Waals surface area contributed by atoms with E-state index in [-0.39, 0.29) is 0 Å². The van der Waals surface area contributed by atoms with Crippen molar-refractivity contribution >= 4 is 6.09 Å². The fraction of sp³-hybridized carbons (Fsp3) is 0.364. The van der Waals surface area contributed by atoms with Crippen LogP contribution in [0.4, 0.5) is 4.79 Å². The number of aliphatic hydroxyl groups is 1. The van der Waals surface area contributed by atoms with Gasteiger partial charge in [-0.05, 0) is 13.8 Å². The lowest BCUT2D eigenvalue weighted by atomic mass is 9.86. The summed E-state index contributed by atoms with van der Waals surface area (Å²) in [6, 6.07) is 9.02. The van der Waals surface area contributed by atoms with Crippen molar-refractivity contribution in [3.05, 3.63) is 35.9 Å². The molecule has 0 aromatic heterocycles. The molecule has 0 unspecified atom stereocenters. The Morgan fingerprint density at radius 3 is 2.31 bits per heavy atom. The molecule has 0 radical (unpaired) electrons. The molecule has 86 valence electrons. The lowest BCUT2D eigenvalue weighted by Crippen LogP contribution is -2.56. The van der Waals surface area contributed by atoms with Crippen LogP contribution in [0, 0.1) is 0 Å². The molecule has 1 aliphatic rings. The molecule has 0 bridgehead atoms. The van der Waals surface area contributed by atoms with Crippen molar-refractivity contribution < 1.29 is 14.6 Å². The molecule has 2 atom stereocenters. The van der Waals surface area contributed by atoms with Crippen molar-refractivity contribution in [2.45, 2.75) is 25.2 Å². The molecule has 1 saturated heterocycles. The number of hydrazine groups is 1. The predicted molar refractivity (Wildman–Crippen MR) is 56.9 cm³/mol. The Morgan fingerprint density at radius 2 is 1.88 bits per heavy atom. The summed E-state index contributed by atoms with van der Waals surface area (Å²) in [5.41, 5.74) is -2.05. The minimum absolute atomic E-state index is 0.696. The van der Waals surface area contributed by atoms with E-state index in [0.29, 0.717) is 10.6 Å².